The molecule has 0 saturated carbocycles. The molecule has 2 aromatic heterocycles. The van der Waals surface area contributed by atoms with Gasteiger partial charge in [-0.25, -0.2) is 0 Å². The monoisotopic (exact) mass is 349 g/mol. The van der Waals surface area contributed by atoms with Crippen molar-refractivity contribution in [2.45, 2.75) is 6.18 Å². The quantitative estimate of drug-likeness (QED) is 0.669. The van der Waals surface area contributed by atoms with Crippen LogP contribution in [0.2, 0.25) is 5.02 Å². The fourth-order valence-corrected chi connectivity index (χ4v) is 2.58. The number of nitrogens with zero attached hydrogens (tertiary/aromatic N) is 3. The number of para-hydroxylation sites is 1. The number of hydrogen-bond donors (Lipinski definition) is 0. The van der Waals surface area contributed by atoms with Crippen LogP contribution in [0.1, 0.15) is 11.1 Å². The minimum Gasteiger partial charge on any atom is -0.274 e. The number of aromatic nitrogens is 2. The zero-order chi connectivity index (χ0) is 17.5. The van der Waals surface area contributed by atoms with Crippen molar-refractivity contribution < 1.29 is 13.2 Å². The molecule has 0 aliphatic heterocycles. The van der Waals surface area contributed by atoms with Gasteiger partial charge in [0.2, 0.25) is 0 Å². The summed E-state index contributed by atoms with van der Waals surface area (Å²) in [7, 11) is 0. The van der Waals surface area contributed by atoms with E-state index in [1.54, 1.807) is 24.3 Å². The first-order valence-corrected chi connectivity index (χ1v) is 6.99. The molecule has 0 radical (unpaired) electrons. The summed E-state index contributed by atoms with van der Waals surface area (Å²) in [5, 5.41) is 8.89. The Balaban J connectivity index is 2.52. The molecule has 0 bridgehead atoms. The summed E-state index contributed by atoms with van der Waals surface area (Å²) in [5.41, 5.74) is -2.06. The van der Waals surface area contributed by atoms with Gasteiger partial charge in [0.05, 0.1) is 16.1 Å². The van der Waals surface area contributed by atoms with Gasteiger partial charge in [-0.2, -0.15) is 18.4 Å². The van der Waals surface area contributed by atoms with Gasteiger partial charge in [-0.3, -0.25) is 14.3 Å². The van der Waals surface area contributed by atoms with Crippen LogP contribution in [-0.4, -0.2) is 9.55 Å². The van der Waals surface area contributed by atoms with Gasteiger partial charge in [0.15, 0.2) is 0 Å². The Morgan fingerprint density at radius 2 is 1.88 bits per heavy atom. The van der Waals surface area contributed by atoms with Crippen LogP contribution in [0.25, 0.3) is 16.7 Å². The number of halogens is 4. The summed E-state index contributed by atoms with van der Waals surface area (Å²) in [4.78, 5) is 16.3. The molecule has 0 aliphatic rings. The molecule has 4 nitrogen and oxygen atoms in total. The number of pyridine rings is 2. The highest BCUT2D eigenvalue weighted by Gasteiger charge is 2.32. The molecule has 8 heteroatoms. The SMILES string of the molecule is N#Cc1c(Cl)c2ncc(C(F)(F)F)cc2n(-c2ccccc2)c1=O. The van der Waals surface area contributed by atoms with Gasteiger partial charge < -0.3 is 0 Å². The van der Waals surface area contributed by atoms with Gasteiger partial charge >= 0.3 is 6.18 Å². The Kier molecular flexibility index (Phi) is 3.78. The maximum absolute atomic E-state index is 13.0. The van der Waals surface area contributed by atoms with Gasteiger partial charge in [0, 0.05) is 11.9 Å². The maximum atomic E-state index is 13.0. The van der Waals surface area contributed by atoms with Crippen molar-refractivity contribution in [1.29, 1.82) is 5.26 Å². The number of fused-ring (bicyclic) bond motifs is 1. The molecule has 24 heavy (non-hydrogen) atoms. The first-order valence-electron chi connectivity index (χ1n) is 6.61. The lowest BCUT2D eigenvalue weighted by atomic mass is 10.1. The highest BCUT2D eigenvalue weighted by Crippen LogP contribution is 2.32. The number of hydrogen-bond acceptors (Lipinski definition) is 3. The van der Waals surface area contributed by atoms with E-state index in [2.05, 4.69) is 4.98 Å². The molecule has 0 unspecified atom stereocenters. The van der Waals surface area contributed by atoms with E-state index in [1.807, 2.05) is 0 Å². The van der Waals surface area contributed by atoms with Crippen LogP contribution in [-0.2, 0) is 6.18 Å². The van der Waals surface area contributed by atoms with Crippen LogP contribution >= 0.6 is 11.6 Å². The Bertz CT molecular complexity index is 1040. The third-order valence-corrected chi connectivity index (χ3v) is 3.77. The molecule has 0 amide bonds. The molecule has 3 aromatic rings. The summed E-state index contributed by atoms with van der Waals surface area (Å²) < 4.78 is 40.0. The molecule has 0 spiro atoms. The second-order valence-electron chi connectivity index (χ2n) is 4.87. The largest absolute Gasteiger partial charge is 0.417 e. The normalized spacial score (nSPS) is 11.5. The number of alkyl halides is 3. The van der Waals surface area contributed by atoms with E-state index < -0.39 is 17.3 Å². The van der Waals surface area contributed by atoms with Gasteiger partial charge in [0.25, 0.3) is 5.56 Å². The highest BCUT2D eigenvalue weighted by molar-refractivity contribution is 6.36. The Labute approximate surface area is 138 Å². The first kappa shape index (κ1) is 16.0. The average molecular weight is 350 g/mol. The van der Waals surface area contributed by atoms with Crippen molar-refractivity contribution in [3.05, 3.63) is 69.1 Å². The number of nitriles is 1. The van der Waals surface area contributed by atoms with Crippen molar-refractivity contribution in [3.63, 3.8) is 0 Å². The van der Waals surface area contributed by atoms with Crippen LogP contribution < -0.4 is 5.56 Å². The molecule has 0 fully saturated rings. The molecule has 1 aromatic carbocycles. The lowest BCUT2D eigenvalue weighted by molar-refractivity contribution is -0.137. The van der Waals surface area contributed by atoms with Crippen LogP contribution in [0, 0.1) is 11.3 Å². The topological polar surface area (TPSA) is 58.7 Å². The second-order valence-corrected chi connectivity index (χ2v) is 5.24. The lowest BCUT2D eigenvalue weighted by Gasteiger charge is -2.14. The molecule has 120 valence electrons. The summed E-state index contributed by atoms with van der Waals surface area (Å²) in [6.45, 7) is 0. The summed E-state index contributed by atoms with van der Waals surface area (Å²) in [6, 6.07) is 10.5. The molecular weight excluding hydrogens is 343 g/mol. The molecule has 0 aliphatic carbocycles. The summed E-state index contributed by atoms with van der Waals surface area (Å²) in [6.07, 6.45) is -4.01. The van der Waals surface area contributed by atoms with Crippen LogP contribution in [0.3, 0.4) is 0 Å². The molecule has 0 N–H and O–H groups in total. The van der Waals surface area contributed by atoms with E-state index in [0.29, 0.717) is 11.9 Å². The molecular formula is C16H7ClF3N3O. The third-order valence-electron chi connectivity index (χ3n) is 3.41. The van der Waals surface area contributed by atoms with E-state index in [1.165, 1.54) is 12.1 Å². The highest BCUT2D eigenvalue weighted by atomic mass is 35.5. The minimum atomic E-state index is -4.63. The molecule has 3 rings (SSSR count). The average Bonchev–Trinajstić information content (AvgIpc) is 2.55. The van der Waals surface area contributed by atoms with Crippen LogP contribution in [0.4, 0.5) is 13.2 Å². The van der Waals surface area contributed by atoms with Crippen molar-refractivity contribution in [2.24, 2.45) is 0 Å². The van der Waals surface area contributed by atoms with Gasteiger partial charge in [-0.1, -0.05) is 29.8 Å². The van der Waals surface area contributed by atoms with Crippen molar-refractivity contribution >= 4 is 22.6 Å². The first-order chi connectivity index (χ1) is 11.3. The van der Waals surface area contributed by atoms with E-state index in [4.69, 9.17) is 16.9 Å². The standard InChI is InChI=1S/C16H7ClF3N3O/c17-13-11(7-21)15(24)23(10-4-2-1-3-5-10)12-6-9(16(18,19)20)8-22-14(12)13/h1-6,8H. The fraction of sp³-hybridized carbons (Fsp3) is 0.0625. The number of benzene rings is 1. The Morgan fingerprint density at radius 3 is 2.46 bits per heavy atom. The van der Waals surface area contributed by atoms with Crippen molar-refractivity contribution in [3.8, 4) is 11.8 Å². The van der Waals surface area contributed by atoms with Crippen LogP contribution in [0.5, 0.6) is 0 Å². The predicted molar refractivity (Wildman–Crippen MR) is 82.1 cm³/mol. The van der Waals surface area contributed by atoms with E-state index in [9.17, 15) is 18.0 Å². The second kappa shape index (κ2) is 5.65. The minimum absolute atomic E-state index is 0.0512. The molecule has 0 saturated heterocycles. The van der Waals surface area contributed by atoms with E-state index in [0.717, 1.165) is 10.6 Å². The van der Waals surface area contributed by atoms with Crippen molar-refractivity contribution in [2.75, 3.05) is 0 Å². The third kappa shape index (κ3) is 2.51. The summed E-state index contributed by atoms with van der Waals surface area (Å²) in [5.74, 6) is 0. The fourth-order valence-electron chi connectivity index (χ4n) is 2.31. The van der Waals surface area contributed by atoms with E-state index in [-0.39, 0.29) is 21.6 Å². The van der Waals surface area contributed by atoms with Crippen molar-refractivity contribution in [1.82, 2.24) is 9.55 Å². The molecule has 2 heterocycles. The zero-order valence-corrected chi connectivity index (χ0v) is 12.6. The predicted octanol–water partition coefficient (Wildman–Crippen LogP) is 3.93. The molecule has 0 atom stereocenters. The Hall–Kier alpha value is -2.85. The Morgan fingerprint density at radius 1 is 1.21 bits per heavy atom. The maximum Gasteiger partial charge on any atom is 0.417 e. The van der Waals surface area contributed by atoms with Gasteiger partial charge in [-0.05, 0) is 18.2 Å². The van der Waals surface area contributed by atoms with Gasteiger partial charge in [-0.15, -0.1) is 0 Å². The smallest absolute Gasteiger partial charge is 0.274 e. The van der Waals surface area contributed by atoms with Gasteiger partial charge in [0.1, 0.15) is 17.1 Å². The summed E-state index contributed by atoms with van der Waals surface area (Å²) >= 11 is 5.99. The zero-order valence-electron chi connectivity index (χ0n) is 11.8. The van der Waals surface area contributed by atoms with Crippen LogP contribution in [0.15, 0.2) is 47.4 Å². The van der Waals surface area contributed by atoms with E-state index >= 15 is 0 Å². The lowest BCUT2D eigenvalue weighted by Crippen LogP contribution is -2.23. The number of rotatable bonds is 1.